The number of hydrogen-bond acceptors (Lipinski definition) is 7. The molecule has 2 aliphatic heterocycles. The Balaban J connectivity index is 1.29. The van der Waals surface area contributed by atoms with E-state index in [1.165, 1.54) is 12.8 Å². The molecule has 5 rings (SSSR count). The van der Waals surface area contributed by atoms with Gasteiger partial charge in [0, 0.05) is 30.4 Å². The maximum Gasteiger partial charge on any atom is 0.251 e. The Kier molecular flexibility index (Phi) is 6.84. The standard InChI is InChI=1S/C27H38N6O2/c1-18-27(35)32(3)23-12-13-24(30-25(23)33(18)22-6-4-5-7-22)28-20-10-8-19(9-11-20)26(34)29-21-14-16-31(2)17-15-21/h8-13,18,21-22,27,35H,4-7,14-17H2,1-3H3,(H,28,30)(H,29,34). The summed E-state index contributed by atoms with van der Waals surface area (Å²) in [5.41, 5.74) is 2.51. The first-order valence-electron chi connectivity index (χ1n) is 13.0. The van der Waals surface area contributed by atoms with Crippen molar-refractivity contribution in [3.8, 4) is 0 Å². The molecule has 3 N–H and O–H groups in total. The molecule has 3 aliphatic rings. The van der Waals surface area contributed by atoms with Crippen molar-refractivity contribution in [3.05, 3.63) is 42.0 Å². The molecule has 1 aliphatic carbocycles. The van der Waals surface area contributed by atoms with Crippen LogP contribution in [0.1, 0.15) is 55.8 Å². The Morgan fingerprint density at radius 2 is 1.69 bits per heavy atom. The van der Waals surface area contributed by atoms with E-state index in [1.807, 2.05) is 48.3 Å². The highest BCUT2D eigenvalue weighted by atomic mass is 16.3. The molecule has 3 heterocycles. The Labute approximate surface area is 208 Å². The molecule has 1 saturated heterocycles. The van der Waals surface area contributed by atoms with Crippen LogP contribution in [0.2, 0.25) is 0 Å². The third-order valence-electron chi connectivity index (χ3n) is 7.94. The maximum absolute atomic E-state index is 12.7. The molecule has 2 atom stereocenters. The summed E-state index contributed by atoms with van der Waals surface area (Å²) in [6.07, 6.45) is 6.16. The van der Waals surface area contributed by atoms with Gasteiger partial charge in [0.05, 0.1) is 11.7 Å². The van der Waals surface area contributed by atoms with E-state index in [-0.39, 0.29) is 18.0 Å². The van der Waals surface area contributed by atoms with Gasteiger partial charge in [-0.1, -0.05) is 12.8 Å². The lowest BCUT2D eigenvalue weighted by Gasteiger charge is -2.47. The molecule has 2 fully saturated rings. The Hall–Kier alpha value is -2.84. The molecular weight excluding hydrogens is 440 g/mol. The van der Waals surface area contributed by atoms with Crippen molar-refractivity contribution < 1.29 is 9.90 Å². The van der Waals surface area contributed by atoms with Gasteiger partial charge in [0.1, 0.15) is 12.0 Å². The van der Waals surface area contributed by atoms with Gasteiger partial charge in [-0.3, -0.25) is 4.79 Å². The van der Waals surface area contributed by atoms with Crippen LogP contribution < -0.4 is 20.4 Å². The van der Waals surface area contributed by atoms with Crippen molar-refractivity contribution in [2.75, 3.05) is 42.3 Å². The van der Waals surface area contributed by atoms with Crippen LogP contribution in [0.3, 0.4) is 0 Å². The number of nitrogens with one attached hydrogen (secondary N) is 2. The van der Waals surface area contributed by atoms with Crippen molar-refractivity contribution in [2.24, 2.45) is 0 Å². The molecular formula is C27H38N6O2. The molecule has 1 amide bonds. The first-order valence-corrected chi connectivity index (χ1v) is 13.0. The summed E-state index contributed by atoms with van der Waals surface area (Å²) >= 11 is 0. The van der Waals surface area contributed by atoms with E-state index in [1.54, 1.807) is 0 Å². The highest BCUT2D eigenvalue weighted by Gasteiger charge is 2.39. The molecule has 2 aromatic rings. The van der Waals surface area contributed by atoms with Gasteiger partial charge < -0.3 is 30.4 Å². The third kappa shape index (κ3) is 4.95. The van der Waals surface area contributed by atoms with E-state index < -0.39 is 6.23 Å². The van der Waals surface area contributed by atoms with Crippen molar-refractivity contribution in [1.29, 1.82) is 0 Å². The minimum Gasteiger partial charge on any atom is -0.371 e. The number of nitrogens with zero attached hydrogens (tertiary/aromatic N) is 4. The van der Waals surface area contributed by atoms with E-state index in [9.17, 15) is 9.90 Å². The number of aromatic nitrogens is 1. The molecule has 0 bridgehead atoms. The van der Waals surface area contributed by atoms with Crippen molar-refractivity contribution >= 4 is 28.9 Å². The molecule has 8 nitrogen and oxygen atoms in total. The van der Waals surface area contributed by atoms with Crippen LogP contribution in [0.25, 0.3) is 0 Å². The average Bonchev–Trinajstić information content (AvgIpc) is 3.39. The molecule has 35 heavy (non-hydrogen) atoms. The first kappa shape index (κ1) is 23.9. The summed E-state index contributed by atoms with van der Waals surface area (Å²) in [5.74, 6) is 1.67. The molecule has 188 valence electrons. The fourth-order valence-corrected chi connectivity index (χ4v) is 5.74. The third-order valence-corrected chi connectivity index (χ3v) is 7.94. The zero-order valence-corrected chi connectivity index (χ0v) is 21.1. The summed E-state index contributed by atoms with van der Waals surface area (Å²) in [4.78, 5) is 24.2. The number of pyridine rings is 1. The second-order valence-electron chi connectivity index (χ2n) is 10.4. The fraction of sp³-hybridized carbons (Fsp3) is 0.556. The minimum absolute atomic E-state index is 0.0132. The summed E-state index contributed by atoms with van der Waals surface area (Å²) < 4.78 is 0. The second-order valence-corrected chi connectivity index (χ2v) is 10.4. The monoisotopic (exact) mass is 478 g/mol. The van der Waals surface area contributed by atoms with Gasteiger partial charge in [0.2, 0.25) is 0 Å². The first-order chi connectivity index (χ1) is 16.9. The largest absolute Gasteiger partial charge is 0.371 e. The van der Waals surface area contributed by atoms with Crippen LogP contribution in [-0.2, 0) is 0 Å². The number of rotatable bonds is 5. The Morgan fingerprint density at radius 3 is 2.37 bits per heavy atom. The molecule has 0 spiro atoms. The number of anilines is 4. The summed E-state index contributed by atoms with van der Waals surface area (Å²) in [6.45, 7) is 4.13. The van der Waals surface area contributed by atoms with E-state index in [0.717, 1.165) is 61.8 Å². The highest BCUT2D eigenvalue weighted by Crippen LogP contribution is 2.41. The Morgan fingerprint density at radius 1 is 1.00 bits per heavy atom. The molecule has 2 unspecified atom stereocenters. The van der Waals surface area contributed by atoms with Gasteiger partial charge in [-0.25, -0.2) is 4.98 Å². The number of piperidine rings is 1. The predicted octanol–water partition coefficient (Wildman–Crippen LogP) is 3.55. The average molecular weight is 479 g/mol. The second kappa shape index (κ2) is 10.0. The lowest BCUT2D eigenvalue weighted by Crippen LogP contribution is -2.57. The predicted molar refractivity (Wildman–Crippen MR) is 141 cm³/mol. The number of carbonyl (C=O) groups excluding carboxylic acids is 1. The fourth-order valence-electron chi connectivity index (χ4n) is 5.74. The van der Waals surface area contributed by atoms with Crippen LogP contribution in [0.4, 0.5) is 23.0 Å². The van der Waals surface area contributed by atoms with E-state index in [4.69, 9.17) is 4.98 Å². The van der Waals surface area contributed by atoms with Gasteiger partial charge in [0.15, 0.2) is 5.82 Å². The molecule has 1 aromatic carbocycles. The number of aliphatic hydroxyl groups is 1. The maximum atomic E-state index is 12.7. The summed E-state index contributed by atoms with van der Waals surface area (Å²) in [5, 5.41) is 17.4. The van der Waals surface area contributed by atoms with E-state index >= 15 is 0 Å². The van der Waals surface area contributed by atoms with Gasteiger partial charge in [0.25, 0.3) is 5.91 Å². The van der Waals surface area contributed by atoms with E-state index in [0.29, 0.717) is 11.6 Å². The lowest BCUT2D eigenvalue weighted by atomic mass is 10.0. The number of likely N-dealkylation sites (N-methyl/N-ethyl adjacent to an activating group) is 1. The van der Waals surface area contributed by atoms with Gasteiger partial charge in [-0.05, 0) is 89.1 Å². The Bertz CT molecular complexity index is 1030. The van der Waals surface area contributed by atoms with Crippen LogP contribution in [0.15, 0.2) is 36.4 Å². The van der Waals surface area contributed by atoms with Crippen molar-refractivity contribution in [1.82, 2.24) is 15.2 Å². The quantitative estimate of drug-likeness (QED) is 0.606. The van der Waals surface area contributed by atoms with E-state index in [2.05, 4.69) is 34.4 Å². The summed E-state index contributed by atoms with van der Waals surface area (Å²) in [7, 11) is 4.05. The molecule has 1 saturated carbocycles. The molecule has 0 radical (unpaired) electrons. The lowest BCUT2D eigenvalue weighted by molar-refractivity contribution is 0.0917. The minimum atomic E-state index is -0.558. The zero-order valence-electron chi connectivity index (χ0n) is 21.1. The van der Waals surface area contributed by atoms with Crippen LogP contribution in [0.5, 0.6) is 0 Å². The highest BCUT2D eigenvalue weighted by molar-refractivity contribution is 5.94. The van der Waals surface area contributed by atoms with Gasteiger partial charge in [-0.15, -0.1) is 0 Å². The zero-order chi connectivity index (χ0) is 24.5. The van der Waals surface area contributed by atoms with Gasteiger partial charge in [-0.2, -0.15) is 0 Å². The number of carbonyl (C=O) groups is 1. The molecule has 8 heteroatoms. The van der Waals surface area contributed by atoms with Crippen LogP contribution >= 0.6 is 0 Å². The number of amides is 1. The number of fused-ring (bicyclic) bond motifs is 1. The number of aliphatic hydroxyl groups excluding tert-OH is 1. The topological polar surface area (TPSA) is 84.0 Å². The number of hydrogen-bond donors (Lipinski definition) is 3. The number of likely N-dealkylation sites (tertiary alicyclic amines) is 1. The smallest absolute Gasteiger partial charge is 0.251 e. The van der Waals surface area contributed by atoms with Crippen LogP contribution in [0, 0.1) is 0 Å². The van der Waals surface area contributed by atoms with Gasteiger partial charge >= 0.3 is 0 Å². The number of benzene rings is 1. The molecule has 1 aromatic heterocycles. The summed E-state index contributed by atoms with van der Waals surface area (Å²) in [6, 6.07) is 12.2. The van der Waals surface area contributed by atoms with Crippen molar-refractivity contribution in [3.63, 3.8) is 0 Å². The normalized spacial score (nSPS) is 23.9. The SMILES string of the molecule is CC1C(O)N(C)c2ccc(Nc3ccc(C(=O)NC4CCN(C)CC4)cc3)nc2N1C1CCCC1. The van der Waals surface area contributed by atoms with Crippen LogP contribution in [-0.4, -0.2) is 72.4 Å². The van der Waals surface area contributed by atoms with Crippen molar-refractivity contribution in [2.45, 2.75) is 69.8 Å².